The zero-order valence-electron chi connectivity index (χ0n) is 17.9. The SMILES string of the molecule is COc1ccc(NC(=O)c2ccc3c(c2)CCCN3S(=O)(=O)c2ccccc2)c(OC)c1. The molecule has 0 unspecified atom stereocenters. The molecular formula is C24H24N2O5S. The third-order valence-corrected chi connectivity index (χ3v) is 7.23. The largest absolute Gasteiger partial charge is 0.497 e. The van der Waals surface area contributed by atoms with Gasteiger partial charge in [-0.1, -0.05) is 18.2 Å². The normalized spacial score (nSPS) is 13.2. The number of anilines is 2. The minimum Gasteiger partial charge on any atom is -0.497 e. The molecule has 1 amide bonds. The molecule has 1 N–H and O–H groups in total. The number of carbonyl (C=O) groups excluding carboxylic acids is 1. The Bertz CT molecular complexity index is 1240. The Labute approximate surface area is 187 Å². The lowest BCUT2D eigenvalue weighted by atomic mass is 10.0. The van der Waals surface area contributed by atoms with Gasteiger partial charge < -0.3 is 14.8 Å². The van der Waals surface area contributed by atoms with Crippen LogP contribution in [0.4, 0.5) is 11.4 Å². The van der Waals surface area contributed by atoms with Crippen LogP contribution in [0.2, 0.25) is 0 Å². The molecule has 8 heteroatoms. The molecule has 3 aromatic rings. The first-order chi connectivity index (χ1) is 15.4. The molecule has 0 bridgehead atoms. The fourth-order valence-electron chi connectivity index (χ4n) is 3.77. The van der Waals surface area contributed by atoms with Crippen molar-refractivity contribution >= 4 is 27.3 Å². The number of nitrogens with zero attached hydrogens (tertiary/aromatic N) is 1. The number of hydrogen-bond donors (Lipinski definition) is 1. The maximum atomic E-state index is 13.2. The summed E-state index contributed by atoms with van der Waals surface area (Å²) in [6, 6.07) is 18.6. The van der Waals surface area contributed by atoms with Crippen molar-refractivity contribution in [3.8, 4) is 11.5 Å². The quantitative estimate of drug-likeness (QED) is 0.609. The molecule has 0 saturated heterocycles. The van der Waals surface area contributed by atoms with E-state index >= 15 is 0 Å². The van der Waals surface area contributed by atoms with Crippen LogP contribution in [0.15, 0.2) is 71.6 Å². The summed E-state index contributed by atoms with van der Waals surface area (Å²) in [6.07, 6.45) is 1.37. The summed E-state index contributed by atoms with van der Waals surface area (Å²) in [4.78, 5) is 13.1. The molecule has 0 fully saturated rings. The van der Waals surface area contributed by atoms with E-state index in [4.69, 9.17) is 9.47 Å². The molecule has 0 radical (unpaired) electrons. The number of aryl methyl sites for hydroxylation is 1. The zero-order valence-corrected chi connectivity index (χ0v) is 18.7. The fourth-order valence-corrected chi connectivity index (χ4v) is 5.33. The van der Waals surface area contributed by atoms with E-state index < -0.39 is 10.0 Å². The maximum absolute atomic E-state index is 13.2. The zero-order chi connectivity index (χ0) is 22.7. The van der Waals surface area contributed by atoms with Crippen molar-refractivity contribution in [2.75, 3.05) is 30.4 Å². The number of nitrogens with one attached hydrogen (secondary N) is 1. The molecule has 0 atom stereocenters. The van der Waals surface area contributed by atoms with Crippen molar-refractivity contribution in [1.29, 1.82) is 0 Å². The van der Waals surface area contributed by atoms with E-state index in [9.17, 15) is 13.2 Å². The van der Waals surface area contributed by atoms with Crippen LogP contribution >= 0.6 is 0 Å². The van der Waals surface area contributed by atoms with Gasteiger partial charge in [-0.2, -0.15) is 0 Å². The summed E-state index contributed by atoms with van der Waals surface area (Å²) in [5.74, 6) is 0.795. The van der Waals surface area contributed by atoms with Crippen molar-refractivity contribution < 1.29 is 22.7 Å². The van der Waals surface area contributed by atoms with E-state index in [1.807, 2.05) is 0 Å². The third kappa shape index (κ3) is 4.13. The van der Waals surface area contributed by atoms with Gasteiger partial charge in [-0.15, -0.1) is 0 Å². The van der Waals surface area contributed by atoms with Gasteiger partial charge in [-0.05, 0) is 60.9 Å². The summed E-state index contributed by atoms with van der Waals surface area (Å²) in [5.41, 5.74) is 2.40. The van der Waals surface area contributed by atoms with Crippen LogP contribution < -0.4 is 19.1 Å². The molecule has 3 aromatic carbocycles. The van der Waals surface area contributed by atoms with E-state index in [2.05, 4.69) is 5.32 Å². The molecule has 32 heavy (non-hydrogen) atoms. The number of hydrogen-bond acceptors (Lipinski definition) is 5. The van der Waals surface area contributed by atoms with Gasteiger partial charge in [0, 0.05) is 18.2 Å². The summed E-state index contributed by atoms with van der Waals surface area (Å²) in [5, 5.41) is 2.85. The average molecular weight is 453 g/mol. The summed E-state index contributed by atoms with van der Waals surface area (Å²) < 4.78 is 38.3. The molecule has 0 aliphatic carbocycles. The van der Waals surface area contributed by atoms with Gasteiger partial charge in [0.05, 0.1) is 30.5 Å². The highest BCUT2D eigenvalue weighted by atomic mass is 32.2. The van der Waals surface area contributed by atoms with E-state index in [1.54, 1.807) is 73.8 Å². The Hall–Kier alpha value is -3.52. The van der Waals surface area contributed by atoms with Gasteiger partial charge in [-0.3, -0.25) is 9.10 Å². The van der Waals surface area contributed by atoms with Gasteiger partial charge in [0.1, 0.15) is 11.5 Å². The first kappa shape index (κ1) is 21.7. The highest BCUT2D eigenvalue weighted by Crippen LogP contribution is 2.33. The summed E-state index contributed by atoms with van der Waals surface area (Å²) in [7, 11) is -0.592. The monoisotopic (exact) mass is 452 g/mol. The lowest BCUT2D eigenvalue weighted by Gasteiger charge is -2.30. The second-order valence-electron chi connectivity index (χ2n) is 7.36. The molecule has 0 saturated carbocycles. The number of carbonyl (C=O) groups is 1. The van der Waals surface area contributed by atoms with Gasteiger partial charge >= 0.3 is 0 Å². The Balaban J connectivity index is 1.61. The van der Waals surface area contributed by atoms with Crippen molar-refractivity contribution in [3.05, 3.63) is 77.9 Å². The minimum atomic E-state index is -3.67. The Morgan fingerprint density at radius 1 is 0.969 bits per heavy atom. The highest BCUT2D eigenvalue weighted by molar-refractivity contribution is 7.92. The van der Waals surface area contributed by atoms with Crippen molar-refractivity contribution in [3.63, 3.8) is 0 Å². The van der Waals surface area contributed by atoms with E-state index in [-0.39, 0.29) is 10.8 Å². The lowest BCUT2D eigenvalue weighted by Crippen LogP contribution is -2.35. The fraction of sp³-hybridized carbons (Fsp3) is 0.208. The number of sulfonamides is 1. The van der Waals surface area contributed by atoms with Crippen LogP contribution in [0.25, 0.3) is 0 Å². The van der Waals surface area contributed by atoms with Gasteiger partial charge in [0.2, 0.25) is 0 Å². The summed E-state index contributed by atoms with van der Waals surface area (Å²) >= 11 is 0. The van der Waals surface area contributed by atoms with E-state index in [0.717, 1.165) is 5.56 Å². The number of amides is 1. The predicted molar refractivity (Wildman–Crippen MR) is 123 cm³/mol. The lowest BCUT2D eigenvalue weighted by molar-refractivity contribution is 0.102. The standard InChI is InChI=1S/C24H24N2O5S/c1-30-19-11-12-21(23(16-19)31-2)25-24(27)18-10-13-22-17(15-18)7-6-14-26(22)32(28,29)20-8-4-3-5-9-20/h3-5,8-13,15-16H,6-7,14H2,1-2H3,(H,25,27). The van der Waals surface area contributed by atoms with Gasteiger partial charge in [0.15, 0.2) is 0 Å². The predicted octanol–water partition coefficient (Wildman–Crippen LogP) is 4.10. The van der Waals surface area contributed by atoms with Crippen LogP contribution in [0.3, 0.4) is 0 Å². The molecular weight excluding hydrogens is 428 g/mol. The average Bonchev–Trinajstić information content (AvgIpc) is 2.84. The van der Waals surface area contributed by atoms with E-state index in [1.165, 1.54) is 11.4 Å². The van der Waals surface area contributed by atoms with Crippen molar-refractivity contribution in [1.82, 2.24) is 0 Å². The van der Waals surface area contributed by atoms with Gasteiger partial charge in [-0.25, -0.2) is 8.42 Å². The Morgan fingerprint density at radius 3 is 2.47 bits per heavy atom. The smallest absolute Gasteiger partial charge is 0.264 e. The number of ether oxygens (including phenoxy) is 2. The first-order valence-corrected chi connectivity index (χ1v) is 11.6. The third-order valence-electron chi connectivity index (χ3n) is 5.41. The summed E-state index contributed by atoms with van der Waals surface area (Å²) in [6.45, 7) is 0.402. The van der Waals surface area contributed by atoms with Crippen LogP contribution in [-0.4, -0.2) is 35.1 Å². The number of rotatable bonds is 6. The maximum Gasteiger partial charge on any atom is 0.264 e. The van der Waals surface area contributed by atoms with Crippen LogP contribution in [-0.2, 0) is 16.4 Å². The molecule has 7 nitrogen and oxygen atoms in total. The second-order valence-corrected chi connectivity index (χ2v) is 9.22. The van der Waals surface area contributed by atoms with Crippen molar-refractivity contribution in [2.24, 2.45) is 0 Å². The van der Waals surface area contributed by atoms with Crippen molar-refractivity contribution in [2.45, 2.75) is 17.7 Å². The molecule has 1 aliphatic rings. The van der Waals surface area contributed by atoms with Crippen LogP contribution in [0.5, 0.6) is 11.5 Å². The molecule has 4 rings (SSSR count). The van der Waals surface area contributed by atoms with Crippen LogP contribution in [0, 0.1) is 0 Å². The molecule has 1 heterocycles. The highest BCUT2D eigenvalue weighted by Gasteiger charge is 2.29. The molecule has 0 aromatic heterocycles. The van der Waals surface area contributed by atoms with Gasteiger partial charge in [0.25, 0.3) is 15.9 Å². The number of fused-ring (bicyclic) bond motifs is 1. The topological polar surface area (TPSA) is 84.9 Å². The molecule has 166 valence electrons. The Kier molecular flexibility index (Phi) is 6.05. The number of methoxy groups -OCH3 is 2. The Morgan fingerprint density at radius 2 is 1.75 bits per heavy atom. The molecule has 1 aliphatic heterocycles. The minimum absolute atomic E-state index is 0.251. The van der Waals surface area contributed by atoms with E-state index in [0.29, 0.717) is 47.8 Å². The second kappa shape index (κ2) is 8.92. The number of benzene rings is 3. The van der Waals surface area contributed by atoms with Crippen LogP contribution in [0.1, 0.15) is 22.3 Å². The molecule has 0 spiro atoms. The first-order valence-electron chi connectivity index (χ1n) is 10.2.